The van der Waals surface area contributed by atoms with Gasteiger partial charge in [-0.05, 0) is 60.5 Å². The van der Waals surface area contributed by atoms with Crippen LogP contribution in [0.5, 0.6) is 5.75 Å². The van der Waals surface area contributed by atoms with Crippen LogP contribution in [0.1, 0.15) is 31.8 Å². The SMILES string of the molecule is Cc1cc(OC(F)F)ccc1NC(=O)c1cc(C(=O)NCc2ccc(F)cc2)c(F)cc1Cl. The predicted octanol–water partition coefficient (Wildman–Crippen LogP) is 5.71. The highest BCUT2D eigenvalue weighted by Crippen LogP contribution is 2.26. The van der Waals surface area contributed by atoms with E-state index in [4.69, 9.17) is 11.6 Å². The third kappa shape index (κ3) is 6.23. The first-order chi connectivity index (χ1) is 15.6. The molecule has 0 unspecified atom stereocenters. The van der Waals surface area contributed by atoms with Crippen LogP contribution in [0, 0.1) is 18.6 Å². The average Bonchev–Trinajstić information content (AvgIpc) is 2.74. The van der Waals surface area contributed by atoms with Crippen molar-refractivity contribution in [1.82, 2.24) is 5.32 Å². The maximum absolute atomic E-state index is 14.4. The highest BCUT2D eigenvalue weighted by atomic mass is 35.5. The zero-order valence-electron chi connectivity index (χ0n) is 17.1. The van der Waals surface area contributed by atoms with Crippen molar-refractivity contribution in [2.75, 3.05) is 5.32 Å². The number of carbonyl (C=O) groups is 2. The fourth-order valence-corrected chi connectivity index (χ4v) is 3.16. The van der Waals surface area contributed by atoms with Gasteiger partial charge in [-0.25, -0.2) is 8.78 Å². The third-order valence-electron chi connectivity index (χ3n) is 4.58. The zero-order chi connectivity index (χ0) is 24.1. The van der Waals surface area contributed by atoms with E-state index >= 15 is 0 Å². The zero-order valence-corrected chi connectivity index (χ0v) is 17.9. The summed E-state index contributed by atoms with van der Waals surface area (Å²) in [7, 11) is 0. The lowest BCUT2D eigenvalue weighted by molar-refractivity contribution is -0.0498. The summed E-state index contributed by atoms with van der Waals surface area (Å²) in [6.07, 6.45) is 0. The highest BCUT2D eigenvalue weighted by Gasteiger charge is 2.20. The van der Waals surface area contributed by atoms with Crippen molar-refractivity contribution in [3.63, 3.8) is 0 Å². The van der Waals surface area contributed by atoms with Gasteiger partial charge in [0, 0.05) is 12.2 Å². The molecule has 5 nitrogen and oxygen atoms in total. The molecule has 33 heavy (non-hydrogen) atoms. The smallest absolute Gasteiger partial charge is 0.387 e. The van der Waals surface area contributed by atoms with E-state index in [2.05, 4.69) is 15.4 Å². The second kappa shape index (κ2) is 10.4. The number of anilines is 1. The molecule has 10 heteroatoms. The van der Waals surface area contributed by atoms with Gasteiger partial charge in [-0.1, -0.05) is 23.7 Å². The normalized spacial score (nSPS) is 10.8. The van der Waals surface area contributed by atoms with E-state index in [9.17, 15) is 27.2 Å². The summed E-state index contributed by atoms with van der Waals surface area (Å²) in [5.74, 6) is -2.99. The van der Waals surface area contributed by atoms with E-state index in [0.717, 1.165) is 12.1 Å². The molecule has 0 bridgehead atoms. The van der Waals surface area contributed by atoms with Gasteiger partial charge in [-0.15, -0.1) is 0 Å². The van der Waals surface area contributed by atoms with Gasteiger partial charge in [0.25, 0.3) is 11.8 Å². The van der Waals surface area contributed by atoms with Crippen LogP contribution in [0.25, 0.3) is 0 Å². The number of benzene rings is 3. The summed E-state index contributed by atoms with van der Waals surface area (Å²) in [5, 5.41) is 4.80. The minimum Gasteiger partial charge on any atom is -0.435 e. The average molecular weight is 481 g/mol. The fraction of sp³-hybridized carbons (Fsp3) is 0.130. The van der Waals surface area contributed by atoms with Crippen LogP contribution in [0.3, 0.4) is 0 Å². The molecule has 0 spiro atoms. The number of hydrogen-bond acceptors (Lipinski definition) is 3. The van der Waals surface area contributed by atoms with E-state index in [0.29, 0.717) is 11.1 Å². The standard InChI is InChI=1S/C23H17ClF4N2O3/c1-12-8-15(33-23(27)28)6-7-20(12)30-22(32)16-9-17(19(26)10-18(16)24)21(31)29-11-13-2-4-14(25)5-3-13/h2-10,23H,11H2,1H3,(H,29,31)(H,30,32). The van der Waals surface area contributed by atoms with Crippen LogP contribution in [0.2, 0.25) is 5.02 Å². The van der Waals surface area contributed by atoms with Gasteiger partial charge in [0.1, 0.15) is 17.4 Å². The van der Waals surface area contributed by atoms with Gasteiger partial charge in [0.15, 0.2) is 0 Å². The lowest BCUT2D eigenvalue weighted by Crippen LogP contribution is -2.25. The van der Waals surface area contributed by atoms with Crippen molar-refractivity contribution < 1.29 is 31.9 Å². The summed E-state index contributed by atoms with van der Waals surface area (Å²) >= 11 is 6.01. The molecule has 0 heterocycles. The monoisotopic (exact) mass is 480 g/mol. The van der Waals surface area contributed by atoms with E-state index in [1.165, 1.54) is 42.5 Å². The quantitative estimate of drug-likeness (QED) is 0.426. The van der Waals surface area contributed by atoms with E-state index in [1.54, 1.807) is 6.92 Å². The number of nitrogens with one attached hydrogen (secondary N) is 2. The van der Waals surface area contributed by atoms with Crippen LogP contribution < -0.4 is 15.4 Å². The molecule has 3 aromatic rings. The Morgan fingerprint density at radius 1 is 0.970 bits per heavy atom. The number of alkyl halides is 2. The first-order valence-electron chi connectivity index (χ1n) is 9.52. The molecule has 2 amide bonds. The Hall–Kier alpha value is -3.59. The molecule has 0 saturated heterocycles. The van der Waals surface area contributed by atoms with Crippen LogP contribution in [-0.2, 0) is 6.54 Å². The Kier molecular flexibility index (Phi) is 7.55. The second-order valence-electron chi connectivity index (χ2n) is 6.93. The first kappa shape index (κ1) is 24.1. The summed E-state index contributed by atoms with van der Waals surface area (Å²) < 4.78 is 56.3. The van der Waals surface area contributed by atoms with Gasteiger partial charge in [0.05, 0.1) is 16.1 Å². The Balaban J connectivity index is 1.76. The first-order valence-corrected chi connectivity index (χ1v) is 9.90. The largest absolute Gasteiger partial charge is 0.435 e. The maximum Gasteiger partial charge on any atom is 0.387 e. The van der Waals surface area contributed by atoms with E-state index in [1.807, 2.05) is 0 Å². The molecule has 3 aromatic carbocycles. The molecular weight excluding hydrogens is 464 g/mol. The number of carbonyl (C=O) groups excluding carboxylic acids is 2. The number of hydrogen-bond donors (Lipinski definition) is 2. The van der Waals surface area contributed by atoms with Crippen LogP contribution in [0.4, 0.5) is 23.2 Å². The maximum atomic E-state index is 14.4. The Morgan fingerprint density at radius 2 is 1.67 bits per heavy atom. The van der Waals surface area contributed by atoms with Crippen molar-refractivity contribution in [2.24, 2.45) is 0 Å². The number of ether oxygens (including phenoxy) is 1. The topological polar surface area (TPSA) is 67.4 Å². The number of amides is 2. The molecule has 0 aliphatic rings. The van der Waals surface area contributed by atoms with Gasteiger partial charge < -0.3 is 15.4 Å². The van der Waals surface area contributed by atoms with Gasteiger partial charge >= 0.3 is 6.61 Å². The molecule has 0 aliphatic carbocycles. The van der Waals surface area contributed by atoms with Crippen LogP contribution >= 0.6 is 11.6 Å². The molecule has 0 aliphatic heterocycles. The number of rotatable bonds is 7. The number of halogens is 5. The van der Waals surface area contributed by atoms with Crippen molar-refractivity contribution >= 4 is 29.1 Å². The third-order valence-corrected chi connectivity index (χ3v) is 4.90. The van der Waals surface area contributed by atoms with Crippen molar-refractivity contribution in [2.45, 2.75) is 20.1 Å². The Labute approximate surface area is 191 Å². The second-order valence-corrected chi connectivity index (χ2v) is 7.34. The molecular formula is C23H17ClF4N2O3. The molecule has 0 atom stereocenters. The minimum absolute atomic E-state index is 0.00887. The molecule has 0 saturated carbocycles. The van der Waals surface area contributed by atoms with Gasteiger partial charge in [-0.2, -0.15) is 8.78 Å². The van der Waals surface area contributed by atoms with Crippen molar-refractivity contribution in [3.8, 4) is 5.75 Å². The lowest BCUT2D eigenvalue weighted by Gasteiger charge is -2.13. The summed E-state index contributed by atoms with van der Waals surface area (Å²) in [5.41, 5.74) is 0.717. The minimum atomic E-state index is -2.99. The fourth-order valence-electron chi connectivity index (χ4n) is 2.92. The summed E-state index contributed by atoms with van der Waals surface area (Å²) in [4.78, 5) is 25.2. The highest BCUT2D eigenvalue weighted by molar-refractivity contribution is 6.34. The molecule has 0 radical (unpaired) electrons. The van der Waals surface area contributed by atoms with Crippen molar-refractivity contribution in [3.05, 3.63) is 93.5 Å². The van der Waals surface area contributed by atoms with E-state index < -0.39 is 35.6 Å². The van der Waals surface area contributed by atoms with Gasteiger partial charge in [-0.3, -0.25) is 9.59 Å². The van der Waals surface area contributed by atoms with Gasteiger partial charge in [0.2, 0.25) is 0 Å². The Morgan fingerprint density at radius 3 is 2.30 bits per heavy atom. The van der Waals surface area contributed by atoms with Crippen LogP contribution in [0.15, 0.2) is 54.6 Å². The van der Waals surface area contributed by atoms with E-state index in [-0.39, 0.29) is 28.6 Å². The Bertz CT molecular complexity index is 1190. The van der Waals surface area contributed by atoms with Crippen molar-refractivity contribution in [1.29, 1.82) is 0 Å². The molecule has 172 valence electrons. The predicted molar refractivity (Wildman–Crippen MR) is 115 cm³/mol. The summed E-state index contributed by atoms with van der Waals surface area (Å²) in [6, 6.07) is 11.1. The molecule has 3 rings (SSSR count). The molecule has 0 fully saturated rings. The molecule has 2 N–H and O–H groups in total. The lowest BCUT2D eigenvalue weighted by atomic mass is 10.1. The summed E-state index contributed by atoms with van der Waals surface area (Å²) in [6.45, 7) is -1.42. The molecule has 0 aromatic heterocycles. The number of aryl methyl sites for hydroxylation is 1. The van der Waals surface area contributed by atoms with Crippen LogP contribution in [-0.4, -0.2) is 18.4 Å².